The lowest BCUT2D eigenvalue weighted by molar-refractivity contribution is -0.147. The molecule has 3 nitrogen and oxygen atoms in total. The molecule has 1 aromatic carbocycles. The number of carbonyl (C=O) groups excluding carboxylic acids is 1. The first-order chi connectivity index (χ1) is 8.76. The largest absolute Gasteiger partial charge is 0.463 e. The van der Waals surface area contributed by atoms with E-state index in [1.165, 1.54) is 0 Å². The summed E-state index contributed by atoms with van der Waals surface area (Å²) in [5, 5.41) is 0. The second-order valence-corrected chi connectivity index (χ2v) is 4.21. The molecule has 0 fully saturated rings. The van der Waals surface area contributed by atoms with Crippen molar-refractivity contribution < 1.29 is 14.3 Å². The summed E-state index contributed by atoms with van der Waals surface area (Å²) in [6.07, 6.45) is 2.30. The van der Waals surface area contributed by atoms with Gasteiger partial charge < -0.3 is 9.47 Å². The summed E-state index contributed by atoms with van der Waals surface area (Å²) in [6, 6.07) is 9.62. The summed E-state index contributed by atoms with van der Waals surface area (Å²) >= 11 is 0. The molecule has 0 aliphatic carbocycles. The number of carbonyl (C=O) groups is 1. The molecule has 0 aliphatic rings. The van der Waals surface area contributed by atoms with E-state index in [4.69, 9.17) is 9.47 Å². The zero-order valence-electron chi connectivity index (χ0n) is 11.2. The Morgan fingerprint density at radius 3 is 2.56 bits per heavy atom. The van der Waals surface area contributed by atoms with Crippen molar-refractivity contribution >= 4 is 5.97 Å². The highest BCUT2D eigenvalue weighted by Crippen LogP contribution is 2.05. The summed E-state index contributed by atoms with van der Waals surface area (Å²) in [5.74, 6) is -0.193. The van der Waals surface area contributed by atoms with Crippen molar-refractivity contribution in [3.05, 3.63) is 35.9 Å². The van der Waals surface area contributed by atoms with E-state index in [-0.39, 0.29) is 12.1 Å². The smallest absolute Gasteiger partial charge is 0.310 e. The van der Waals surface area contributed by atoms with Crippen molar-refractivity contribution in [2.24, 2.45) is 0 Å². The van der Waals surface area contributed by atoms with Crippen LogP contribution in [0.5, 0.6) is 0 Å². The first-order valence-corrected chi connectivity index (χ1v) is 6.57. The van der Waals surface area contributed by atoms with Gasteiger partial charge in [0.1, 0.15) is 6.61 Å². The molecule has 0 saturated heterocycles. The molecule has 1 unspecified atom stereocenters. The third-order valence-electron chi connectivity index (χ3n) is 2.63. The van der Waals surface area contributed by atoms with Gasteiger partial charge in [-0.1, -0.05) is 43.7 Å². The number of ether oxygens (including phenoxy) is 2. The molecule has 0 heterocycles. The van der Waals surface area contributed by atoms with Gasteiger partial charge >= 0.3 is 5.97 Å². The first kappa shape index (κ1) is 14.7. The van der Waals surface area contributed by atoms with E-state index >= 15 is 0 Å². The van der Waals surface area contributed by atoms with Gasteiger partial charge in [-0.05, 0) is 18.9 Å². The van der Waals surface area contributed by atoms with Crippen LogP contribution < -0.4 is 0 Å². The van der Waals surface area contributed by atoms with Gasteiger partial charge in [-0.15, -0.1) is 0 Å². The van der Waals surface area contributed by atoms with Gasteiger partial charge in [0, 0.05) is 6.61 Å². The Bertz CT molecular complexity index is 329. The third-order valence-corrected chi connectivity index (χ3v) is 2.63. The molecular formula is C15H22O3. The highest BCUT2D eigenvalue weighted by molar-refractivity contribution is 5.72. The molecule has 0 spiro atoms. The lowest BCUT2D eigenvalue weighted by Crippen LogP contribution is -2.22. The van der Waals surface area contributed by atoms with Crippen LogP contribution in [0.3, 0.4) is 0 Å². The van der Waals surface area contributed by atoms with E-state index in [1.807, 2.05) is 37.3 Å². The standard InChI is InChI=1S/C15H22O3/c1-3-8-14(17-4-2)12-18-15(16)11-13-9-6-5-7-10-13/h5-7,9-10,14H,3-4,8,11-12H2,1-2H3. The zero-order chi connectivity index (χ0) is 13.2. The van der Waals surface area contributed by atoms with E-state index < -0.39 is 0 Å². The predicted octanol–water partition coefficient (Wildman–Crippen LogP) is 2.98. The topological polar surface area (TPSA) is 35.5 Å². The minimum atomic E-state index is -0.193. The van der Waals surface area contributed by atoms with Crippen LogP contribution in [0.1, 0.15) is 32.3 Å². The van der Waals surface area contributed by atoms with Gasteiger partial charge in [-0.25, -0.2) is 0 Å². The summed E-state index contributed by atoms with van der Waals surface area (Å²) in [4.78, 5) is 11.6. The predicted molar refractivity (Wildman–Crippen MR) is 71.4 cm³/mol. The maximum Gasteiger partial charge on any atom is 0.310 e. The molecule has 0 N–H and O–H groups in total. The van der Waals surface area contributed by atoms with Crippen LogP contribution in [0.2, 0.25) is 0 Å². The summed E-state index contributed by atoms with van der Waals surface area (Å²) < 4.78 is 10.8. The maximum absolute atomic E-state index is 11.6. The number of benzene rings is 1. The normalized spacial score (nSPS) is 12.1. The Morgan fingerprint density at radius 2 is 1.94 bits per heavy atom. The van der Waals surface area contributed by atoms with Crippen LogP contribution in [0, 0.1) is 0 Å². The molecule has 18 heavy (non-hydrogen) atoms. The fourth-order valence-electron chi connectivity index (χ4n) is 1.77. The Kier molecular flexibility index (Phi) is 7.11. The van der Waals surface area contributed by atoms with Crippen LogP contribution in [0.4, 0.5) is 0 Å². The molecule has 0 bridgehead atoms. The zero-order valence-corrected chi connectivity index (χ0v) is 11.2. The Hall–Kier alpha value is -1.35. The fraction of sp³-hybridized carbons (Fsp3) is 0.533. The molecule has 0 aliphatic heterocycles. The quantitative estimate of drug-likeness (QED) is 0.665. The summed E-state index contributed by atoms with van der Waals surface area (Å²) in [6.45, 7) is 5.06. The van der Waals surface area contributed by atoms with E-state index in [1.54, 1.807) is 0 Å². The molecule has 0 amide bonds. The number of esters is 1. The van der Waals surface area contributed by atoms with Gasteiger partial charge in [0.15, 0.2) is 0 Å². The van der Waals surface area contributed by atoms with Crippen LogP contribution >= 0.6 is 0 Å². The first-order valence-electron chi connectivity index (χ1n) is 6.57. The van der Waals surface area contributed by atoms with Gasteiger partial charge in [0.05, 0.1) is 12.5 Å². The SMILES string of the molecule is CCCC(COC(=O)Cc1ccccc1)OCC. The summed E-state index contributed by atoms with van der Waals surface area (Å²) in [5.41, 5.74) is 0.978. The number of hydrogen-bond acceptors (Lipinski definition) is 3. The van der Waals surface area contributed by atoms with Crippen molar-refractivity contribution in [3.63, 3.8) is 0 Å². The Balaban J connectivity index is 2.31. The molecule has 0 saturated carbocycles. The Morgan fingerprint density at radius 1 is 1.22 bits per heavy atom. The van der Waals surface area contributed by atoms with Crippen molar-refractivity contribution in [2.75, 3.05) is 13.2 Å². The maximum atomic E-state index is 11.6. The van der Waals surface area contributed by atoms with E-state index in [0.29, 0.717) is 19.6 Å². The second kappa shape index (κ2) is 8.70. The van der Waals surface area contributed by atoms with Crippen LogP contribution in [-0.2, 0) is 20.7 Å². The van der Waals surface area contributed by atoms with E-state index in [0.717, 1.165) is 18.4 Å². The molecule has 1 atom stereocenters. The molecule has 1 rings (SSSR count). The van der Waals surface area contributed by atoms with Gasteiger partial charge in [0.2, 0.25) is 0 Å². The van der Waals surface area contributed by atoms with E-state index in [9.17, 15) is 4.79 Å². The van der Waals surface area contributed by atoms with Crippen molar-refractivity contribution in [1.82, 2.24) is 0 Å². The van der Waals surface area contributed by atoms with Crippen molar-refractivity contribution in [2.45, 2.75) is 39.2 Å². The van der Waals surface area contributed by atoms with Gasteiger partial charge in [0.25, 0.3) is 0 Å². The molecule has 1 aromatic rings. The molecule has 100 valence electrons. The van der Waals surface area contributed by atoms with Crippen molar-refractivity contribution in [1.29, 1.82) is 0 Å². The highest BCUT2D eigenvalue weighted by Gasteiger charge is 2.11. The highest BCUT2D eigenvalue weighted by atomic mass is 16.6. The van der Waals surface area contributed by atoms with Gasteiger partial charge in [-0.2, -0.15) is 0 Å². The minimum Gasteiger partial charge on any atom is -0.463 e. The molecule has 3 heteroatoms. The number of hydrogen-bond donors (Lipinski definition) is 0. The lowest BCUT2D eigenvalue weighted by Gasteiger charge is -2.16. The summed E-state index contributed by atoms with van der Waals surface area (Å²) in [7, 11) is 0. The molecule has 0 aromatic heterocycles. The minimum absolute atomic E-state index is 0.0275. The van der Waals surface area contributed by atoms with Crippen molar-refractivity contribution in [3.8, 4) is 0 Å². The fourth-order valence-corrected chi connectivity index (χ4v) is 1.77. The third kappa shape index (κ3) is 5.82. The second-order valence-electron chi connectivity index (χ2n) is 4.21. The van der Waals surface area contributed by atoms with Crippen LogP contribution in [-0.4, -0.2) is 25.3 Å². The average Bonchev–Trinajstić information content (AvgIpc) is 2.38. The number of rotatable bonds is 8. The monoisotopic (exact) mass is 250 g/mol. The van der Waals surface area contributed by atoms with Gasteiger partial charge in [-0.3, -0.25) is 4.79 Å². The van der Waals surface area contributed by atoms with Crippen LogP contribution in [0.15, 0.2) is 30.3 Å². The molecular weight excluding hydrogens is 228 g/mol. The Labute approximate surface area is 109 Å². The lowest BCUT2D eigenvalue weighted by atomic mass is 10.1. The van der Waals surface area contributed by atoms with Crippen LogP contribution in [0.25, 0.3) is 0 Å². The van der Waals surface area contributed by atoms with E-state index in [2.05, 4.69) is 6.92 Å². The average molecular weight is 250 g/mol. The molecule has 0 radical (unpaired) electrons.